The highest BCUT2D eigenvalue weighted by molar-refractivity contribution is 7.11. The van der Waals surface area contributed by atoms with Crippen LogP contribution in [0.25, 0.3) is 0 Å². The highest BCUT2D eigenvalue weighted by Gasteiger charge is 2.18. The number of ether oxygens (including phenoxy) is 1. The molecule has 130 valence electrons. The monoisotopic (exact) mass is 349 g/mol. The SMILES string of the molecule is CCOc1ccc(/N=c2/sc(C(=O)N(C)C)c(C)n2CCO)cc1. The van der Waals surface area contributed by atoms with Crippen LogP contribution in [-0.4, -0.2) is 47.8 Å². The molecule has 0 aliphatic carbocycles. The normalized spacial score (nSPS) is 11.6. The van der Waals surface area contributed by atoms with E-state index in [-0.39, 0.29) is 12.5 Å². The third-order valence-corrected chi connectivity index (χ3v) is 4.62. The Kier molecular flexibility index (Phi) is 6.16. The van der Waals surface area contributed by atoms with E-state index in [1.165, 1.54) is 11.3 Å². The standard InChI is InChI=1S/C17H23N3O3S/c1-5-23-14-8-6-13(7-9-14)18-17-20(10-11-21)12(2)15(24-17)16(22)19(3)4/h6-9,21H,5,10-11H2,1-4H3/b18-17+. The molecule has 0 saturated heterocycles. The lowest BCUT2D eigenvalue weighted by Gasteiger charge is -2.09. The molecule has 0 aliphatic heterocycles. The summed E-state index contributed by atoms with van der Waals surface area (Å²) in [5, 5.41) is 9.32. The summed E-state index contributed by atoms with van der Waals surface area (Å²) >= 11 is 1.33. The fraction of sp³-hybridized carbons (Fsp3) is 0.412. The van der Waals surface area contributed by atoms with Gasteiger partial charge in [0, 0.05) is 26.3 Å². The lowest BCUT2D eigenvalue weighted by molar-refractivity contribution is 0.0830. The summed E-state index contributed by atoms with van der Waals surface area (Å²) in [6.07, 6.45) is 0. The molecule has 0 unspecified atom stereocenters. The largest absolute Gasteiger partial charge is 0.494 e. The fourth-order valence-electron chi connectivity index (χ4n) is 2.23. The molecule has 2 aromatic rings. The molecule has 0 radical (unpaired) electrons. The zero-order valence-corrected chi connectivity index (χ0v) is 15.3. The zero-order valence-electron chi connectivity index (χ0n) is 14.4. The number of nitrogens with zero attached hydrogens (tertiary/aromatic N) is 3. The zero-order chi connectivity index (χ0) is 17.7. The third kappa shape index (κ3) is 4.04. The quantitative estimate of drug-likeness (QED) is 0.869. The van der Waals surface area contributed by atoms with Crippen LogP contribution in [0.15, 0.2) is 29.3 Å². The van der Waals surface area contributed by atoms with Gasteiger partial charge < -0.3 is 19.3 Å². The molecule has 1 amide bonds. The van der Waals surface area contributed by atoms with Gasteiger partial charge in [-0.25, -0.2) is 4.99 Å². The summed E-state index contributed by atoms with van der Waals surface area (Å²) in [5.74, 6) is 0.739. The van der Waals surface area contributed by atoms with Crippen molar-refractivity contribution in [2.45, 2.75) is 20.4 Å². The Hall–Kier alpha value is -2.12. The minimum Gasteiger partial charge on any atom is -0.494 e. The molecule has 0 fully saturated rings. The van der Waals surface area contributed by atoms with Crippen molar-refractivity contribution in [2.75, 3.05) is 27.3 Å². The minimum absolute atomic E-state index is 0.0103. The third-order valence-electron chi connectivity index (χ3n) is 3.45. The van der Waals surface area contributed by atoms with Crippen LogP contribution >= 0.6 is 11.3 Å². The Morgan fingerprint density at radius 1 is 1.33 bits per heavy atom. The Bertz CT molecular complexity index is 760. The predicted octanol–water partition coefficient (Wildman–Crippen LogP) is 2.18. The second kappa shape index (κ2) is 8.12. The molecule has 2 rings (SSSR count). The van der Waals surface area contributed by atoms with Gasteiger partial charge in [-0.2, -0.15) is 0 Å². The minimum atomic E-state index is -0.0580. The summed E-state index contributed by atoms with van der Waals surface area (Å²) in [6.45, 7) is 4.82. The van der Waals surface area contributed by atoms with Crippen molar-refractivity contribution in [3.63, 3.8) is 0 Å². The smallest absolute Gasteiger partial charge is 0.265 e. The van der Waals surface area contributed by atoms with Crippen LogP contribution in [0.1, 0.15) is 22.3 Å². The van der Waals surface area contributed by atoms with Gasteiger partial charge in [0.25, 0.3) is 5.91 Å². The number of aliphatic hydroxyl groups excluding tert-OH is 1. The van der Waals surface area contributed by atoms with Crippen molar-refractivity contribution in [3.8, 4) is 5.75 Å². The Balaban J connectivity index is 2.47. The number of amides is 1. The molecule has 0 atom stereocenters. The maximum atomic E-state index is 12.3. The van der Waals surface area contributed by atoms with Crippen molar-refractivity contribution >= 4 is 22.9 Å². The molecule has 1 aromatic carbocycles. The number of thiazole rings is 1. The molecule has 7 heteroatoms. The first-order chi connectivity index (χ1) is 11.5. The van der Waals surface area contributed by atoms with E-state index in [9.17, 15) is 9.90 Å². The van der Waals surface area contributed by atoms with E-state index in [1.54, 1.807) is 19.0 Å². The maximum Gasteiger partial charge on any atom is 0.265 e. The number of rotatable bonds is 6. The van der Waals surface area contributed by atoms with E-state index in [4.69, 9.17) is 4.74 Å². The van der Waals surface area contributed by atoms with Crippen LogP contribution in [0.5, 0.6) is 5.75 Å². The van der Waals surface area contributed by atoms with Crippen molar-refractivity contribution < 1.29 is 14.6 Å². The molecule has 0 saturated carbocycles. The van der Waals surface area contributed by atoms with Crippen LogP contribution in [0.2, 0.25) is 0 Å². The van der Waals surface area contributed by atoms with Crippen molar-refractivity contribution in [3.05, 3.63) is 39.6 Å². The average molecular weight is 349 g/mol. The Labute approximate surface area is 145 Å². The highest BCUT2D eigenvalue weighted by atomic mass is 32.1. The average Bonchev–Trinajstić information content (AvgIpc) is 2.86. The number of hydrogen-bond donors (Lipinski definition) is 1. The molecule has 1 heterocycles. The molecule has 24 heavy (non-hydrogen) atoms. The van der Waals surface area contributed by atoms with Crippen LogP contribution < -0.4 is 9.54 Å². The van der Waals surface area contributed by atoms with Crippen molar-refractivity contribution in [1.82, 2.24) is 9.47 Å². The van der Waals surface area contributed by atoms with E-state index in [0.29, 0.717) is 22.8 Å². The van der Waals surface area contributed by atoms with Crippen molar-refractivity contribution in [2.24, 2.45) is 4.99 Å². The number of carbonyl (C=O) groups excluding carboxylic acids is 1. The first-order valence-electron chi connectivity index (χ1n) is 7.78. The van der Waals surface area contributed by atoms with Crippen LogP contribution in [0.3, 0.4) is 0 Å². The summed E-state index contributed by atoms with van der Waals surface area (Å²) in [6, 6.07) is 7.48. The van der Waals surface area contributed by atoms with Gasteiger partial charge in [0.2, 0.25) is 0 Å². The first-order valence-corrected chi connectivity index (χ1v) is 8.60. The molecule has 0 aliphatic rings. The summed E-state index contributed by atoms with van der Waals surface area (Å²) in [5.41, 5.74) is 1.59. The van der Waals surface area contributed by atoms with Gasteiger partial charge in [-0.15, -0.1) is 0 Å². The Morgan fingerprint density at radius 2 is 2.00 bits per heavy atom. The summed E-state index contributed by atoms with van der Waals surface area (Å²) in [4.78, 5) is 19.8. The van der Waals surface area contributed by atoms with E-state index in [2.05, 4.69) is 4.99 Å². The number of carbonyl (C=O) groups is 1. The molecule has 1 N–H and O–H groups in total. The summed E-state index contributed by atoms with van der Waals surface area (Å²) < 4.78 is 7.30. The number of benzene rings is 1. The van der Waals surface area contributed by atoms with Crippen molar-refractivity contribution in [1.29, 1.82) is 0 Å². The molecule has 0 bridgehead atoms. The second-order valence-electron chi connectivity index (χ2n) is 5.41. The number of hydrogen-bond acceptors (Lipinski definition) is 5. The molecule has 1 aromatic heterocycles. The maximum absolute atomic E-state index is 12.3. The van der Waals surface area contributed by atoms with Crippen LogP contribution in [0, 0.1) is 6.92 Å². The first kappa shape index (κ1) is 18.2. The predicted molar refractivity (Wildman–Crippen MR) is 95.0 cm³/mol. The van der Waals surface area contributed by atoms with E-state index in [1.807, 2.05) is 42.7 Å². The lowest BCUT2D eigenvalue weighted by atomic mass is 10.3. The molecular formula is C17H23N3O3S. The highest BCUT2D eigenvalue weighted by Crippen LogP contribution is 2.19. The molecular weight excluding hydrogens is 326 g/mol. The fourth-order valence-corrected chi connectivity index (χ4v) is 3.43. The van der Waals surface area contributed by atoms with Gasteiger partial charge in [-0.05, 0) is 38.1 Å². The lowest BCUT2D eigenvalue weighted by Crippen LogP contribution is -2.22. The van der Waals surface area contributed by atoms with Gasteiger partial charge >= 0.3 is 0 Å². The van der Waals surface area contributed by atoms with Gasteiger partial charge in [0.15, 0.2) is 4.80 Å². The summed E-state index contributed by atoms with van der Waals surface area (Å²) in [7, 11) is 3.45. The van der Waals surface area contributed by atoms with E-state index >= 15 is 0 Å². The number of aliphatic hydroxyl groups is 1. The molecule has 6 nitrogen and oxygen atoms in total. The van der Waals surface area contributed by atoms with E-state index in [0.717, 1.165) is 17.1 Å². The van der Waals surface area contributed by atoms with Gasteiger partial charge in [0.05, 0.1) is 18.9 Å². The topological polar surface area (TPSA) is 67.1 Å². The second-order valence-corrected chi connectivity index (χ2v) is 6.39. The van der Waals surface area contributed by atoms with E-state index < -0.39 is 0 Å². The molecule has 0 spiro atoms. The van der Waals surface area contributed by atoms with Gasteiger partial charge in [-0.3, -0.25) is 4.79 Å². The van der Waals surface area contributed by atoms with Gasteiger partial charge in [-0.1, -0.05) is 11.3 Å². The Morgan fingerprint density at radius 3 is 2.54 bits per heavy atom. The van der Waals surface area contributed by atoms with Crippen LogP contribution in [0.4, 0.5) is 5.69 Å². The van der Waals surface area contributed by atoms with Gasteiger partial charge in [0.1, 0.15) is 10.6 Å². The van der Waals surface area contributed by atoms with Crippen LogP contribution in [-0.2, 0) is 6.54 Å². The number of aromatic nitrogens is 1.